The average molecular weight is 324 g/mol. The molecule has 2 rings (SSSR count). The predicted octanol–water partition coefficient (Wildman–Crippen LogP) is 4.29. The second kappa shape index (κ2) is 7.47. The molecule has 2 atom stereocenters. The highest BCUT2D eigenvalue weighted by Crippen LogP contribution is 2.27. The van der Waals surface area contributed by atoms with Crippen LogP contribution in [0.2, 0.25) is 5.02 Å². The Labute approximate surface area is 138 Å². The molecule has 1 aromatic carbocycles. The maximum Gasteiger partial charge on any atom is 0.176 e. The summed E-state index contributed by atoms with van der Waals surface area (Å²) in [7, 11) is 0. The molecule has 122 valence electrons. The van der Waals surface area contributed by atoms with E-state index < -0.39 is 0 Å². The summed E-state index contributed by atoms with van der Waals surface area (Å²) in [5, 5.41) is 0.500. The minimum Gasteiger partial charge on any atom is -0.489 e. The molecule has 0 radical (unpaired) electrons. The van der Waals surface area contributed by atoms with Gasteiger partial charge in [-0.15, -0.1) is 0 Å². The van der Waals surface area contributed by atoms with Crippen molar-refractivity contribution in [3.63, 3.8) is 0 Å². The fourth-order valence-electron chi connectivity index (χ4n) is 3.24. The standard InChI is InChI=1S/C18H26ClNO2/c1-12(2)22-18-6-5-15(8-16(18)19)17(21)11-20-9-13(3)7-14(4)10-20/h5-6,8,12-14H,7,9-11H2,1-4H3. The number of ketones is 1. The molecule has 0 amide bonds. The van der Waals surface area contributed by atoms with Gasteiger partial charge in [0.25, 0.3) is 0 Å². The van der Waals surface area contributed by atoms with Crippen LogP contribution in [0.15, 0.2) is 18.2 Å². The van der Waals surface area contributed by atoms with Crippen LogP contribution in [0.4, 0.5) is 0 Å². The van der Waals surface area contributed by atoms with Gasteiger partial charge in [-0.25, -0.2) is 0 Å². The van der Waals surface area contributed by atoms with E-state index in [0.717, 1.165) is 13.1 Å². The van der Waals surface area contributed by atoms with E-state index in [9.17, 15) is 4.79 Å². The Hall–Kier alpha value is -1.06. The summed E-state index contributed by atoms with van der Waals surface area (Å²) in [5.74, 6) is 2.07. The van der Waals surface area contributed by atoms with E-state index in [2.05, 4.69) is 18.7 Å². The molecule has 0 saturated carbocycles. The minimum atomic E-state index is 0.0652. The summed E-state index contributed by atoms with van der Waals surface area (Å²) in [6.45, 7) is 10.9. The van der Waals surface area contributed by atoms with Crippen molar-refractivity contribution in [2.24, 2.45) is 11.8 Å². The van der Waals surface area contributed by atoms with Crippen molar-refractivity contribution in [3.05, 3.63) is 28.8 Å². The van der Waals surface area contributed by atoms with Gasteiger partial charge < -0.3 is 4.74 Å². The molecule has 1 aliphatic heterocycles. The van der Waals surface area contributed by atoms with Crippen molar-refractivity contribution < 1.29 is 9.53 Å². The maximum absolute atomic E-state index is 12.5. The lowest BCUT2D eigenvalue weighted by Gasteiger charge is -2.34. The molecule has 1 heterocycles. The van der Waals surface area contributed by atoms with Crippen LogP contribution in [-0.2, 0) is 0 Å². The molecule has 22 heavy (non-hydrogen) atoms. The summed E-state index contributed by atoms with van der Waals surface area (Å²) in [5.41, 5.74) is 0.659. The normalized spacial score (nSPS) is 22.8. The van der Waals surface area contributed by atoms with E-state index in [1.807, 2.05) is 19.9 Å². The fraction of sp³-hybridized carbons (Fsp3) is 0.611. The first-order valence-electron chi connectivity index (χ1n) is 8.07. The molecule has 0 spiro atoms. The Bertz CT molecular complexity index is 520. The summed E-state index contributed by atoms with van der Waals surface area (Å²) in [4.78, 5) is 14.7. The number of ether oxygens (including phenoxy) is 1. The van der Waals surface area contributed by atoms with E-state index >= 15 is 0 Å². The smallest absolute Gasteiger partial charge is 0.176 e. The molecule has 0 N–H and O–H groups in total. The first-order chi connectivity index (χ1) is 10.3. The predicted molar refractivity (Wildman–Crippen MR) is 90.9 cm³/mol. The molecular weight excluding hydrogens is 298 g/mol. The number of likely N-dealkylation sites (tertiary alicyclic amines) is 1. The van der Waals surface area contributed by atoms with Crippen molar-refractivity contribution in [2.75, 3.05) is 19.6 Å². The van der Waals surface area contributed by atoms with Crippen LogP contribution in [0.5, 0.6) is 5.75 Å². The van der Waals surface area contributed by atoms with E-state index in [-0.39, 0.29) is 11.9 Å². The van der Waals surface area contributed by atoms with E-state index in [1.165, 1.54) is 6.42 Å². The Balaban J connectivity index is 2.02. The minimum absolute atomic E-state index is 0.0652. The third kappa shape index (κ3) is 4.72. The van der Waals surface area contributed by atoms with Gasteiger partial charge in [-0.3, -0.25) is 9.69 Å². The zero-order valence-corrected chi connectivity index (χ0v) is 14.7. The molecule has 2 unspecified atom stereocenters. The number of hydrogen-bond donors (Lipinski definition) is 0. The number of benzene rings is 1. The van der Waals surface area contributed by atoms with Crippen LogP contribution in [0, 0.1) is 11.8 Å². The molecule has 0 aliphatic carbocycles. The summed E-state index contributed by atoms with van der Waals surface area (Å²) in [6.07, 6.45) is 1.31. The van der Waals surface area contributed by atoms with Gasteiger partial charge in [-0.05, 0) is 50.3 Å². The number of carbonyl (C=O) groups excluding carboxylic acids is 1. The number of carbonyl (C=O) groups is 1. The Morgan fingerprint density at radius 3 is 2.50 bits per heavy atom. The van der Waals surface area contributed by atoms with Gasteiger partial charge in [0.2, 0.25) is 0 Å². The van der Waals surface area contributed by atoms with Gasteiger partial charge in [0.1, 0.15) is 5.75 Å². The summed E-state index contributed by atoms with van der Waals surface area (Å²) >= 11 is 6.22. The third-order valence-electron chi connectivity index (χ3n) is 3.93. The first-order valence-corrected chi connectivity index (χ1v) is 8.44. The van der Waals surface area contributed by atoms with Gasteiger partial charge in [0.15, 0.2) is 5.78 Å². The zero-order chi connectivity index (χ0) is 16.3. The second-order valence-electron chi connectivity index (χ2n) is 6.88. The Kier molecular flexibility index (Phi) is 5.87. The lowest BCUT2D eigenvalue weighted by molar-refractivity contribution is 0.0849. The lowest BCUT2D eigenvalue weighted by Crippen LogP contribution is -2.41. The van der Waals surface area contributed by atoms with Crippen LogP contribution in [0.3, 0.4) is 0 Å². The molecule has 3 nitrogen and oxygen atoms in total. The number of hydrogen-bond acceptors (Lipinski definition) is 3. The largest absolute Gasteiger partial charge is 0.489 e. The monoisotopic (exact) mass is 323 g/mol. The summed E-state index contributed by atoms with van der Waals surface area (Å²) < 4.78 is 5.60. The van der Waals surface area contributed by atoms with Crippen LogP contribution in [0.1, 0.15) is 44.5 Å². The van der Waals surface area contributed by atoms with Crippen molar-refractivity contribution >= 4 is 17.4 Å². The molecule has 1 aromatic rings. The maximum atomic E-state index is 12.5. The second-order valence-corrected chi connectivity index (χ2v) is 7.28. The molecule has 0 bridgehead atoms. The van der Waals surface area contributed by atoms with Crippen LogP contribution >= 0.6 is 11.6 Å². The van der Waals surface area contributed by atoms with Crippen LogP contribution < -0.4 is 4.74 Å². The van der Waals surface area contributed by atoms with Crippen LogP contribution in [0.25, 0.3) is 0 Å². The third-order valence-corrected chi connectivity index (χ3v) is 4.22. The van der Waals surface area contributed by atoms with Gasteiger partial charge in [-0.1, -0.05) is 25.4 Å². The quantitative estimate of drug-likeness (QED) is 0.757. The average Bonchev–Trinajstić information content (AvgIpc) is 2.39. The highest BCUT2D eigenvalue weighted by atomic mass is 35.5. The fourth-order valence-corrected chi connectivity index (χ4v) is 3.46. The van der Waals surface area contributed by atoms with Gasteiger partial charge in [0.05, 0.1) is 17.7 Å². The number of piperidine rings is 1. The van der Waals surface area contributed by atoms with E-state index in [4.69, 9.17) is 16.3 Å². The summed E-state index contributed by atoms with van der Waals surface area (Å²) in [6, 6.07) is 5.32. The van der Waals surface area contributed by atoms with Gasteiger partial charge >= 0.3 is 0 Å². The van der Waals surface area contributed by atoms with Crippen molar-refractivity contribution in [1.82, 2.24) is 4.90 Å². The molecule has 0 aromatic heterocycles. The van der Waals surface area contributed by atoms with E-state index in [1.54, 1.807) is 12.1 Å². The number of halogens is 1. The zero-order valence-electron chi connectivity index (χ0n) is 13.9. The van der Waals surface area contributed by atoms with Crippen molar-refractivity contribution in [2.45, 2.75) is 40.2 Å². The topological polar surface area (TPSA) is 29.5 Å². The first kappa shape index (κ1) is 17.3. The van der Waals surface area contributed by atoms with Gasteiger partial charge in [-0.2, -0.15) is 0 Å². The number of rotatable bonds is 5. The Morgan fingerprint density at radius 2 is 1.95 bits per heavy atom. The molecule has 1 fully saturated rings. The molecule has 4 heteroatoms. The number of Topliss-reactive ketones (excluding diaryl/α,β-unsaturated/α-hetero) is 1. The van der Waals surface area contributed by atoms with Gasteiger partial charge in [0, 0.05) is 18.7 Å². The van der Waals surface area contributed by atoms with Crippen molar-refractivity contribution in [1.29, 1.82) is 0 Å². The lowest BCUT2D eigenvalue weighted by atomic mass is 9.91. The molecule has 1 saturated heterocycles. The highest BCUT2D eigenvalue weighted by Gasteiger charge is 2.23. The van der Waals surface area contributed by atoms with E-state index in [0.29, 0.717) is 34.7 Å². The van der Waals surface area contributed by atoms with Crippen molar-refractivity contribution in [3.8, 4) is 5.75 Å². The molecule has 1 aliphatic rings. The number of nitrogens with zero attached hydrogens (tertiary/aromatic N) is 1. The Morgan fingerprint density at radius 1 is 1.32 bits per heavy atom. The molecular formula is C18H26ClNO2. The van der Waals surface area contributed by atoms with Crippen LogP contribution in [-0.4, -0.2) is 36.4 Å². The SMILES string of the molecule is CC1CC(C)CN(CC(=O)c2ccc(OC(C)C)c(Cl)c2)C1. The highest BCUT2D eigenvalue weighted by molar-refractivity contribution is 6.32.